The predicted molar refractivity (Wildman–Crippen MR) is 57.3 cm³/mol. The number of aromatic nitrogens is 1. The standard InChI is InChI=1S/C9H9BrClNO2/c1-2-14-8(13)4-6-3-7(11)9(10)12-5-6/h3,5H,2,4H2,1H3. The van der Waals surface area contributed by atoms with Gasteiger partial charge in [-0.2, -0.15) is 0 Å². The maximum absolute atomic E-state index is 11.1. The van der Waals surface area contributed by atoms with Crippen LogP contribution in [0.1, 0.15) is 12.5 Å². The van der Waals surface area contributed by atoms with Crippen molar-refractivity contribution in [2.24, 2.45) is 0 Å². The lowest BCUT2D eigenvalue weighted by Gasteiger charge is -2.02. The molecule has 1 rings (SSSR count). The minimum absolute atomic E-state index is 0.202. The van der Waals surface area contributed by atoms with Crippen molar-refractivity contribution >= 4 is 33.5 Å². The number of carbonyl (C=O) groups is 1. The second-order valence-corrected chi connectivity index (χ2v) is 3.76. The Hall–Kier alpha value is -0.610. The monoisotopic (exact) mass is 277 g/mol. The molecule has 0 aliphatic carbocycles. The Labute approximate surface area is 95.6 Å². The SMILES string of the molecule is CCOC(=O)Cc1cnc(Br)c(Cl)c1. The molecule has 0 aliphatic rings. The number of carbonyl (C=O) groups excluding carboxylic acids is 1. The number of ether oxygens (including phenoxy) is 1. The molecule has 0 spiro atoms. The molecule has 0 fully saturated rings. The van der Waals surface area contributed by atoms with Gasteiger partial charge in [0.1, 0.15) is 4.60 Å². The first-order valence-corrected chi connectivity index (χ1v) is 5.26. The third kappa shape index (κ3) is 3.27. The number of halogens is 2. The molecule has 0 unspecified atom stereocenters. The van der Waals surface area contributed by atoms with E-state index >= 15 is 0 Å². The summed E-state index contributed by atoms with van der Waals surface area (Å²) < 4.78 is 5.37. The number of rotatable bonds is 3. The topological polar surface area (TPSA) is 39.2 Å². The number of hydrogen-bond donors (Lipinski definition) is 0. The molecule has 0 atom stereocenters. The largest absolute Gasteiger partial charge is 0.466 e. The molecule has 1 heterocycles. The Kier molecular flexibility index (Phi) is 4.35. The highest BCUT2D eigenvalue weighted by Crippen LogP contribution is 2.20. The van der Waals surface area contributed by atoms with E-state index in [0.717, 1.165) is 5.56 Å². The van der Waals surface area contributed by atoms with Gasteiger partial charge in [-0.1, -0.05) is 11.6 Å². The van der Waals surface area contributed by atoms with Crippen molar-refractivity contribution in [1.29, 1.82) is 0 Å². The Morgan fingerprint density at radius 1 is 1.71 bits per heavy atom. The summed E-state index contributed by atoms with van der Waals surface area (Å²) in [4.78, 5) is 15.1. The molecule has 76 valence electrons. The van der Waals surface area contributed by atoms with Gasteiger partial charge in [0.25, 0.3) is 0 Å². The number of esters is 1. The van der Waals surface area contributed by atoms with Crippen LogP contribution in [0.5, 0.6) is 0 Å². The summed E-state index contributed by atoms with van der Waals surface area (Å²) >= 11 is 8.98. The van der Waals surface area contributed by atoms with E-state index in [4.69, 9.17) is 16.3 Å². The second kappa shape index (κ2) is 5.32. The van der Waals surface area contributed by atoms with Gasteiger partial charge >= 0.3 is 5.97 Å². The molecule has 1 aromatic heterocycles. The third-order valence-corrected chi connectivity index (χ3v) is 2.66. The zero-order chi connectivity index (χ0) is 10.6. The van der Waals surface area contributed by atoms with E-state index in [9.17, 15) is 4.79 Å². The van der Waals surface area contributed by atoms with E-state index in [1.807, 2.05) is 0 Å². The Morgan fingerprint density at radius 2 is 2.43 bits per heavy atom. The van der Waals surface area contributed by atoms with Crippen LogP contribution in [0.15, 0.2) is 16.9 Å². The van der Waals surface area contributed by atoms with Crippen molar-refractivity contribution in [2.45, 2.75) is 13.3 Å². The molecule has 0 aromatic carbocycles. The van der Waals surface area contributed by atoms with Crippen LogP contribution < -0.4 is 0 Å². The lowest BCUT2D eigenvalue weighted by Crippen LogP contribution is -2.07. The molecule has 3 nitrogen and oxygen atoms in total. The van der Waals surface area contributed by atoms with E-state index in [0.29, 0.717) is 16.2 Å². The molecule has 0 saturated heterocycles. The van der Waals surface area contributed by atoms with E-state index in [1.165, 1.54) is 0 Å². The van der Waals surface area contributed by atoms with Crippen molar-refractivity contribution in [3.63, 3.8) is 0 Å². The van der Waals surface area contributed by atoms with Gasteiger partial charge < -0.3 is 4.74 Å². The average Bonchev–Trinajstić information content (AvgIpc) is 2.12. The van der Waals surface area contributed by atoms with Gasteiger partial charge in [0, 0.05) is 6.20 Å². The molecule has 0 radical (unpaired) electrons. The Morgan fingerprint density at radius 3 is 3.00 bits per heavy atom. The van der Waals surface area contributed by atoms with E-state index in [1.54, 1.807) is 19.2 Å². The minimum Gasteiger partial charge on any atom is -0.466 e. The van der Waals surface area contributed by atoms with E-state index in [-0.39, 0.29) is 12.4 Å². The van der Waals surface area contributed by atoms with Crippen LogP contribution in [0, 0.1) is 0 Å². The number of nitrogens with zero attached hydrogens (tertiary/aromatic N) is 1. The quantitative estimate of drug-likeness (QED) is 0.630. The summed E-state index contributed by atoms with van der Waals surface area (Å²) in [5, 5.41) is 0.492. The fourth-order valence-corrected chi connectivity index (χ4v) is 1.34. The van der Waals surface area contributed by atoms with E-state index < -0.39 is 0 Å². The van der Waals surface area contributed by atoms with Crippen molar-refractivity contribution in [3.05, 3.63) is 27.5 Å². The van der Waals surface area contributed by atoms with Gasteiger partial charge in [-0.25, -0.2) is 4.98 Å². The first kappa shape index (κ1) is 11.5. The highest BCUT2D eigenvalue weighted by molar-refractivity contribution is 9.10. The molecule has 0 aliphatic heterocycles. The highest BCUT2D eigenvalue weighted by Gasteiger charge is 2.06. The van der Waals surface area contributed by atoms with Crippen LogP contribution in [0.25, 0.3) is 0 Å². The zero-order valence-electron chi connectivity index (χ0n) is 7.59. The normalized spacial score (nSPS) is 9.93. The smallest absolute Gasteiger partial charge is 0.310 e. The van der Waals surface area contributed by atoms with Crippen LogP contribution in [-0.2, 0) is 16.0 Å². The maximum atomic E-state index is 11.1. The van der Waals surface area contributed by atoms with Crippen molar-refractivity contribution in [2.75, 3.05) is 6.61 Å². The number of pyridine rings is 1. The molecule has 0 saturated carbocycles. The molecule has 0 N–H and O–H groups in total. The minimum atomic E-state index is -0.271. The van der Waals surface area contributed by atoms with E-state index in [2.05, 4.69) is 20.9 Å². The molecular weight excluding hydrogens is 269 g/mol. The number of hydrogen-bond acceptors (Lipinski definition) is 3. The highest BCUT2D eigenvalue weighted by atomic mass is 79.9. The Bertz CT molecular complexity index is 344. The fourth-order valence-electron chi connectivity index (χ4n) is 0.936. The van der Waals surface area contributed by atoms with Crippen LogP contribution >= 0.6 is 27.5 Å². The molecular formula is C9H9BrClNO2. The lowest BCUT2D eigenvalue weighted by molar-refractivity contribution is -0.142. The summed E-state index contributed by atoms with van der Waals surface area (Å²) in [5.74, 6) is -0.271. The molecule has 5 heteroatoms. The van der Waals surface area contributed by atoms with Gasteiger partial charge in [-0.3, -0.25) is 4.79 Å². The summed E-state index contributed by atoms with van der Waals surface area (Å²) in [5.41, 5.74) is 0.747. The summed E-state index contributed by atoms with van der Waals surface area (Å²) in [6, 6.07) is 1.69. The zero-order valence-corrected chi connectivity index (χ0v) is 9.93. The third-order valence-electron chi connectivity index (χ3n) is 1.51. The second-order valence-electron chi connectivity index (χ2n) is 2.60. The fraction of sp³-hybridized carbons (Fsp3) is 0.333. The van der Waals surface area contributed by atoms with Crippen molar-refractivity contribution in [1.82, 2.24) is 4.98 Å². The van der Waals surface area contributed by atoms with Gasteiger partial charge in [0.15, 0.2) is 0 Å². The molecule has 14 heavy (non-hydrogen) atoms. The van der Waals surface area contributed by atoms with Gasteiger partial charge in [-0.15, -0.1) is 0 Å². The predicted octanol–water partition coefficient (Wildman–Crippen LogP) is 2.60. The van der Waals surface area contributed by atoms with Crippen LogP contribution in [0.2, 0.25) is 5.02 Å². The van der Waals surface area contributed by atoms with Gasteiger partial charge in [0.2, 0.25) is 0 Å². The summed E-state index contributed by atoms with van der Waals surface area (Å²) in [7, 11) is 0. The Balaban J connectivity index is 2.68. The summed E-state index contributed by atoms with van der Waals surface area (Å²) in [6.07, 6.45) is 1.79. The molecule has 0 bridgehead atoms. The average molecular weight is 279 g/mol. The maximum Gasteiger partial charge on any atom is 0.310 e. The van der Waals surface area contributed by atoms with Crippen molar-refractivity contribution < 1.29 is 9.53 Å². The van der Waals surface area contributed by atoms with Crippen LogP contribution in [-0.4, -0.2) is 17.6 Å². The van der Waals surface area contributed by atoms with Crippen LogP contribution in [0.4, 0.5) is 0 Å². The molecule has 1 aromatic rings. The first-order valence-electron chi connectivity index (χ1n) is 4.09. The van der Waals surface area contributed by atoms with Crippen molar-refractivity contribution in [3.8, 4) is 0 Å². The van der Waals surface area contributed by atoms with Crippen LogP contribution in [0.3, 0.4) is 0 Å². The summed E-state index contributed by atoms with van der Waals surface area (Å²) in [6.45, 7) is 2.15. The van der Waals surface area contributed by atoms with Gasteiger partial charge in [0.05, 0.1) is 18.1 Å². The van der Waals surface area contributed by atoms with Gasteiger partial charge in [-0.05, 0) is 34.5 Å². The molecule has 0 amide bonds. The first-order chi connectivity index (χ1) is 6.63. The lowest BCUT2D eigenvalue weighted by atomic mass is 10.2.